The molecule has 0 aliphatic heterocycles. The van der Waals surface area contributed by atoms with Crippen molar-refractivity contribution in [3.05, 3.63) is 0 Å². The summed E-state index contributed by atoms with van der Waals surface area (Å²) in [6, 6.07) is 0. The van der Waals surface area contributed by atoms with Gasteiger partial charge in [0.15, 0.2) is 0 Å². The molecule has 0 saturated heterocycles. The van der Waals surface area contributed by atoms with E-state index in [1.807, 2.05) is 7.05 Å². The van der Waals surface area contributed by atoms with Gasteiger partial charge in [0.1, 0.15) is 0 Å². The molecule has 2 unspecified atom stereocenters. The van der Waals surface area contributed by atoms with E-state index >= 15 is 0 Å². The van der Waals surface area contributed by atoms with Gasteiger partial charge in [-0.3, -0.25) is 4.79 Å². The molecular formula is C12H22N2O2. The molecule has 16 heavy (non-hydrogen) atoms. The maximum Gasteiger partial charge on any atom is 0.237 e. The second-order valence-electron chi connectivity index (χ2n) is 5.19. The number of nitrogens with one attached hydrogen (secondary N) is 1. The van der Waals surface area contributed by atoms with Crippen LogP contribution < -0.4 is 11.1 Å². The van der Waals surface area contributed by atoms with Crippen molar-refractivity contribution in [1.82, 2.24) is 5.32 Å². The largest absolute Gasteiger partial charge is 0.378 e. The van der Waals surface area contributed by atoms with Crippen molar-refractivity contribution in [2.24, 2.45) is 11.7 Å². The van der Waals surface area contributed by atoms with Crippen LogP contribution in [0.15, 0.2) is 0 Å². The second kappa shape index (κ2) is 4.72. The summed E-state index contributed by atoms with van der Waals surface area (Å²) in [5.41, 5.74) is 4.95. The predicted octanol–water partition coefficient (Wildman–Crippen LogP) is 0.799. The molecule has 0 aromatic carbocycles. The van der Waals surface area contributed by atoms with Crippen LogP contribution in [0.1, 0.15) is 38.5 Å². The molecule has 2 aliphatic carbocycles. The summed E-state index contributed by atoms with van der Waals surface area (Å²) < 4.78 is 5.87. The third kappa shape index (κ3) is 2.55. The number of amides is 1. The van der Waals surface area contributed by atoms with Crippen LogP contribution in [0.5, 0.6) is 0 Å². The average Bonchev–Trinajstić information content (AvgIpc) is 3.10. The van der Waals surface area contributed by atoms with Gasteiger partial charge in [0.25, 0.3) is 0 Å². The van der Waals surface area contributed by atoms with E-state index in [4.69, 9.17) is 10.5 Å². The minimum absolute atomic E-state index is 0.203. The Morgan fingerprint density at radius 2 is 2.25 bits per heavy atom. The van der Waals surface area contributed by atoms with Gasteiger partial charge in [-0.1, -0.05) is 0 Å². The van der Waals surface area contributed by atoms with Crippen LogP contribution in [0.25, 0.3) is 0 Å². The standard InChI is InChI=1S/C12H22N2O2/c1-14-12(11(13)15)6-2-3-10(7-12)16-8-9-4-5-9/h9-10,14H,2-8H2,1H3,(H2,13,15). The zero-order valence-corrected chi connectivity index (χ0v) is 10.00. The van der Waals surface area contributed by atoms with Crippen molar-refractivity contribution in [3.63, 3.8) is 0 Å². The van der Waals surface area contributed by atoms with Crippen LogP contribution in [0.4, 0.5) is 0 Å². The van der Waals surface area contributed by atoms with E-state index in [0.29, 0.717) is 0 Å². The molecule has 1 amide bonds. The summed E-state index contributed by atoms with van der Waals surface area (Å²) in [7, 11) is 1.81. The highest BCUT2D eigenvalue weighted by atomic mass is 16.5. The molecule has 2 fully saturated rings. The first-order valence-electron chi connectivity index (χ1n) is 6.27. The number of nitrogens with two attached hydrogens (primary N) is 1. The van der Waals surface area contributed by atoms with Crippen molar-refractivity contribution in [3.8, 4) is 0 Å². The van der Waals surface area contributed by atoms with Crippen LogP contribution in [0, 0.1) is 5.92 Å². The lowest BCUT2D eigenvalue weighted by molar-refractivity contribution is -0.128. The molecule has 0 aromatic rings. The topological polar surface area (TPSA) is 64.3 Å². The van der Waals surface area contributed by atoms with E-state index in [-0.39, 0.29) is 12.0 Å². The van der Waals surface area contributed by atoms with E-state index < -0.39 is 5.54 Å². The number of hydrogen-bond donors (Lipinski definition) is 2. The monoisotopic (exact) mass is 226 g/mol. The van der Waals surface area contributed by atoms with Crippen LogP contribution >= 0.6 is 0 Å². The molecule has 92 valence electrons. The van der Waals surface area contributed by atoms with Gasteiger partial charge in [-0.25, -0.2) is 0 Å². The summed E-state index contributed by atoms with van der Waals surface area (Å²) in [6.07, 6.45) is 6.45. The Balaban J connectivity index is 1.88. The third-order valence-corrected chi connectivity index (χ3v) is 3.92. The number of carbonyl (C=O) groups excluding carboxylic acids is 1. The Morgan fingerprint density at radius 3 is 2.81 bits per heavy atom. The van der Waals surface area contributed by atoms with Crippen molar-refractivity contribution >= 4 is 5.91 Å². The Hall–Kier alpha value is -0.610. The van der Waals surface area contributed by atoms with Gasteiger partial charge in [-0.15, -0.1) is 0 Å². The molecule has 0 spiro atoms. The smallest absolute Gasteiger partial charge is 0.237 e. The lowest BCUT2D eigenvalue weighted by Gasteiger charge is -2.38. The van der Waals surface area contributed by atoms with Gasteiger partial charge < -0.3 is 15.8 Å². The maximum atomic E-state index is 11.5. The molecule has 2 aliphatic rings. The Morgan fingerprint density at radius 1 is 1.50 bits per heavy atom. The van der Waals surface area contributed by atoms with Crippen molar-refractivity contribution in [2.75, 3.05) is 13.7 Å². The molecule has 2 rings (SSSR count). The summed E-state index contributed by atoms with van der Waals surface area (Å²) in [6.45, 7) is 0.864. The quantitative estimate of drug-likeness (QED) is 0.728. The molecule has 4 heteroatoms. The third-order valence-electron chi connectivity index (χ3n) is 3.92. The number of carbonyl (C=O) groups is 1. The average molecular weight is 226 g/mol. The maximum absolute atomic E-state index is 11.5. The van der Waals surface area contributed by atoms with Crippen molar-refractivity contribution < 1.29 is 9.53 Å². The molecule has 0 radical (unpaired) electrons. The fourth-order valence-corrected chi connectivity index (χ4v) is 2.50. The van der Waals surface area contributed by atoms with E-state index in [9.17, 15) is 4.79 Å². The molecule has 3 N–H and O–H groups in total. The summed E-state index contributed by atoms with van der Waals surface area (Å²) in [5, 5.41) is 3.10. The summed E-state index contributed by atoms with van der Waals surface area (Å²) in [4.78, 5) is 11.5. The molecule has 4 nitrogen and oxygen atoms in total. The van der Waals surface area contributed by atoms with Crippen LogP contribution in [-0.4, -0.2) is 31.2 Å². The zero-order chi connectivity index (χ0) is 11.6. The number of likely N-dealkylation sites (N-methyl/N-ethyl adjacent to an activating group) is 1. The number of primary amides is 1. The first-order valence-corrected chi connectivity index (χ1v) is 6.27. The lowest BCUT2D eigenvalue weighted by Crippen LogP contribution is -2.57. The molecule has 0 aromatic heterocycles. The van der Waals surface area contributed by atoms with E-state index in [2.05, 4.69) is 5.32 Å². The highest BCUT2D eigenvalue weighted by Crippen LogP contribution is 2.33. The van der Waals surface area contributed by atoms with Gasteiger partial charge in [0.05, 0.1) is 11.6 Å². The number of hydrogen-bond acceptors (Lipinski definition) is 3. The molecular weight excluding hydrogens is 204 g/mol. The lowest BCUT2D eigenvalue weighted by atomic mass is 9.79. The van der Waals surface area contributed by atoms with Crippen molar-refractivity contribution in [2.45, 2.75) is 50.2 Å². The Kier molecular flexibility index (Phi) is 3.50. The minimum atomic E-state index is -0.535. The highest BCUT2D eigenvalue weighted by Gasteiger charge is 2.40. The summed E-state index contributed by atoms with van der Waals surface area (Å²) >= 11 is 0. The molecule has 2 saturated carbocycles. The normalized spacial score (nSPS) is 34.9. The van der Waals surface area contributed by atoms with Crippen molar-refractivity contribution in [1.29, 1.82) is 0 Å². The van der Waals surface area contributed by atoms with Gasteiger partial charge in [-0.05, 0) is 45.1 Å². The Labute approximate surface area is 96.9 Å². The van der Waals surface area contributed by atoms with Crippen LogP contribution in [0.3, 0.4) is 0 Å². The predicted molar refractivity (Wildman–Crippen MR) is 61.9 cm³/mol. The number of ether oxygens (including phenoxy) is 1. The molecule has 2 atom stereocenters. The van der Waals surface area contributed by atoms with E-state index in [1.54, 1.807) is 0 Å². The van der Waals surface area contributed by atoms with Crippen LogP contribution in [0.2, 0.25) is 0 Å². The van der Waals surface area contributed by atoms with Gasteiger partial charge in [0, 0.05) is 13.0 Å². The van der Waals surface area contributed by atoms with Gasteiger partial charge in [0.2, 0.25) is 5.91 Å². The fourth-order valence-electron chi connectivity index (χ4n) is 2.50. The first kappa shape index (κ1) is 11.9. The minimum Gasteiger partial charge on any atom is -0.378 e. The first-order chi connectivity index (χ1) is 7.66. The molecule has 0 bridgehead atoms. The van der Waals surface area contributed by atoms with E-state index in [1.165, 1.54) is 12.8 Å². The Bertz CT molecular complexity index is 266. The molecule has 0 heterocycles. The zero-order valence-electron chi connectivity index (χ0n) is 10.00. The summed E-state index contributed by atoms with van der Waals surface area (Å²) in [5.74, 6) is 0.536. The fraction of sp³-hybridized carbons (Fsp3) is 0.917. The highest BCUT2D eigenvalue weighted by molar-refractivity contribution is 5.84. The van der Waals surface area contributed by atoms with Crippen LogP contribution in [-0.2, 0) is 9.53 Å². The van der Waals surface area contributed by atoms with Gasteiger partial charge >= 0.3 is 0 Å². The SMILES string of the molecule is CNC1(C(N)=O)CCCC(OCC2CC2)C1. The van der Waals surface area contributed by atoms with E-state index in [0.717, 1.165) is 38.2 Å². The second-order valence-corrected chi connectivity index (χ2v) is 5.19. The van der Waals surface area contributed by atoms with Gasteiger partial charge in [-0.2, -0.15) is 0 Å². The number of rotatable bonds is 5.